The van der Waals surface area contributed by atoms with Crippen molar-refractivity contribution in [3.63, 3.8) is 0 Å². The number of anilines is 1. The van der Waals surface area contributed by atoms with Gasteiger partial charge in [-0.05, 0) is 106 Å². The number of aryl methyl sites for hydroxylation is 1. The van der Waals surface area contributed by atoms with Crippen molar-refractivity contribution in [3.05, 3.63) is 88.7 Å². The number of ether oxygens (including phenoxy) is 1. The molecule has 1 atom stereocenters. The molecule has 3 aromatic carbocycles. The third kappa shape index (κ3) is 7.95. The molecule has 0 saturated carbocycles. The normalized spacial score (nSPS) is 17.9. The Hall–Kier alpha value is -2.78. The lowest BCUT2D eigenvalue weighted by molar-refractivity contribution is -0.119. The van der Waals surface area contributed by atoms with Crippen molar-refractivity contribution in [2.75, 3.05) is 32.0 Å². The number of carbonyl (C=O) groups is 1. The van der Waals surface area contributed by atoms with Crippen molar-refractivity contribution in [2.45, 2.75) is 51.1 Å². The van der Waals surface area contributed by atoms with Crippen molar-refractivity contribution < 1.29 is 22.7 Å². The summed E-state index contributed by atoms with van der Waals surface area (Å²) < 4.78 is 45.9. The summed E-state index contributed by atoms with van der Waals surface area (Å²) in [6.07, 6.45) is 4.02. The minimum atomic E-state index is -1.25. The molecule has 5 nitrogen and oxygen atoms in total. The molecule has 2 aliphatic rings. The average molecular weight is 611 g/mol. The molecule has 2 saturated heterocycles. The number of nitrogens with zero attached hydrogens (tertiary/aromatic N) is 2. The fourth-order valence-corrected chi connectivity index (χ4v) is 5.66. The summed E-state index contributed by atoms with van der Waals surface area (Å²) in [7, 11) is 2.01. The highest BCUT2D eigenvalue weighted by atomic mass is 35.5. The summed E-state index contributed by atoms with van der Waals surface area (Å²) in [5, 5.41) is 3.13. The molecular formula is C31H36Cl2F3N3O2. The smallest absolute Gasteiger partial charge is 0.241 e. The van der Waals surface area contributed by atoms with Crippen molar-refractivity contribution >= 4 is 36.4 Å². The number of nitrogens with one attached hydrogen (secondary N) is 1. The van der Waals surface area contributed by atoms with E-state index < -0.39 is 17.5 Å². The van der Waals surface area contributed by atoms with Crippen LogP contribution in [-0.4, -0.2) is 48.4 Å². The zero-order valence-electron chi connectivity index (χ0n) is 23.2. The Morgan fingerprint density at radius 3 is 2.24 bits per heavy atom. The van der Waals surface area contributed by atoms with Gasteiger partial charge in [0.25, 0.3) is 0 Å². The minimum Gasteiger partial charge on any atom is -0.454 e. The molecule has 1 amide bonds. The lowest BCUT2D eigenvalue weighted by Gasteiger charge is -2.33. The number of hydrogen-bond donors (Lipinski definition) is 1. The second-order valence-corrected chi connectivity index (χ2v) is 10.7. The van der Waals surface area contributed by atoms with Crippen LogP contribution >= 0.6 is 24.8 Å². The molecule has 2 aliphatic heterocycles. The van der Waals surface area contributed by atoms with E-state index in [0.29, 0.717) is 23.8 Å². The van der Waals surface area contributed by atoms with Gasteiger partial charge < -0.3 is 10.1 Å². The van der Waals surface area contributed by atoms with Crippen molar-refractivity contribution in [2.24, 2.45) is 0 Å². The number of likely N-dealkylation sites (tertiary alicyclic amines) is 2. The first kappa shape index (κ1) is 32.7. The number of amides is 1. The van der Waals surface area contributed by atoms with Crippen LogP contribution in [-0.2, 0) is 11.3 Å². The third-order valence-electron chi connectivity index (χ3n) is 7.93. The van der Waals surface area contributed by atoms with Crippen LogP contribution in [0.25, 0.3) is 0 Å². The summed E-state index contributed by atoms with van der Waals surface area (Å²) in [5.41, 5.74) is 4.51. The molecule has 0 radical (unpaired) electrons. The second kappa shape index (κ2) is 14.4. The predicted molar refractivity (Wildman–Crippen MR) is 160 cm³/mol. The first-order valence-corrected chi connectivity index (χ1v) is 13.5. The standard InChI is InChI=1S/C31H34F3N3O2.2ClH/c1-20-5-8-23(35-31(38)29-4-3-13-36(29)2)16-25(20)22-11-14-37(15-12-22)19-21-6-9-24(10-7-21)39-30-18-27(33)26(32)17-28(30)34;;/h5-10,16-18,22,29H,3-4,11-15,19H2,1-2H3,(H,35,38);2*1H/t29-;;/m0../s1. The van der Waals surface area contributed by atoms with Crippen molar-refractivity contribution in [1.29, 1.82) is 0 Å². The van der Waals surface area contributed by atoms with Crippen LogP contribution in [0.5, 0.6) is 11.5 Å². The molecule has 0 spiro atoms. The Bertz CT molecular complexity index is 1330. The van der Waals surface area contributed by atoms with Crippen molar-refractivity contribution in [3.8, 4) is 11.5 Å². The molecule has 41 heavy (non-hydrogen) atoms. The van der Waals surface area contributed by atoms with Gasteiger partial charge in [0.05, 0.1) is 6.04 Å². The maximum atomic E-state index is 13.9. The number of hydrogen-bond acceptors (Lipinski definition) is 4. The minimum absolute atomic E-state index is 0. The van der Waals surface area contributed by atoms with Gasteiger partial charge in [-0.25, -0.2) is 13.2 Å². The van der Waals surface area contributed by atoms with E-state index in [1.807, 2.05) is 25.2 Å². The Labute approximate surface area is 251 Å². The van der Waals surface area contributed by atoms with Crippen LogP contribution in [0, 0.1) is 24.4 Å². The van der Waals surface area contributed by atoms with Gasteiger partial charge in [-0.2, -0.15) is 0 Å². The van der Waals surface area contributed by atoms with E-state index in [1.54, 1.807) is 12.1 Å². The highest BCUT2D eigenvalue weighted by Gasteiger charge is 2.28. The molecule has 10 heteroatoms. The van der Waals surface area contributed by atoms with Gasteiger partial charge in [-0.3, -0.25) is 14.6 Å². The predicted octanol–water partition coefficient (Wildman–Crippen LogP) is 7.46. The van der Waals surface area contributed by atoms with E-state index in [0.717, 1.165) is 63.1 Å². The van der Waals surface area contributed by atoms with Crippen molar-refractivity contribution in [1.82, 2.24) is 9.80 Å². The average Bonchev–Trinajstić information content (AvgIpc) is 3.36. The molecule has 2 heterocycles. The Morgan fingerprint density at radius 1 is 0.902 bits per heavy atom. The molecule has 0 aliphatic carbocycles. The monoisotopic (exact) mass is 609 g/mol. The summed E-state index contributed by atoms with van der Waals surface area (Å²) in [4.78, 5) is 17.3. The first-order chi connectivity index (χ1) is 18.8. The molecule has 0 unspecified atom stereocenters. The topological polar surface area (TPSA) is 44.8 Å². The van der Waals surface area contributed by atoms with Crippen LogP contribution in [0.4, 0.5) is 18.9 Å². The molecule has 0 aromatic heterocycles. The summed E-state index contributed by atoms with van der Waals surface area (Å²) >= 11 is 0. The fourth-order valence-electron chi connectivity index (χ4n) is 5.66. The Balaban J connectivity index is 0.00000231. The van der Waals surface area contributed by atoms with Gasteiger partial charge in [0.1, 0.15) is 5.75 Å². The van der Waals surface area contributed by atoms with Gasteiger partial charge in [0.2, 0.25) is 5.91 Å². The van der Waals surface area contributed by atoms with E-state index in [4.69, 9.17) is 4.74 Å². The highest BCUT2D eigenvalue weighted by Crippen LogP contribution is 2.33. The van der Waals surface area contributed by atoms with Crippen LogP contribution in [0.1, 0.15) is 48.3 Å². The SMILES string of the molecule is Cc1ccc(NC(=O)[C@@H]2CCCN2C)cc1C1CCN(Cc2ccc(Oc3cc(F)c(F)cc3F)cc2)CC1.Cl.Cl. The van der Waals surface area contributed by atoms with Crippen LogP contribution in [0.2, 0.25) is 0 Å². The highest BCUT2D eigenvalue weighted by molar-refractivity contribution is 5.95. The summed E-state index contributed by atoms with van der Waals surface area (Å²) in [6.45, 7) is 5.77. The molecule has 0 bridgehead atoms. The zero-order valence-corrected chi connectivity index (χ0v) is 24.8. The number of halogens is 5. The second-order valence-electron chi connectivity index (χ2n) is 10.7. The lowest BCUT2D eigenvalue weighted by atomic mass is 9.86. The number of carbonyl (C=O) groups excluding carboxylic acids is 1. The molecule has 1 N–H and O–H groups in total. The van der Waals surface area contributed by atoms with E-state index in [1.165, 1.54) is 11.1 Å². The largest absolute Gasteiger partial charge is 0.454 e. The van der Waals surface area contributed by atoms with Crippen LogP contribution < -0.4 is 10.1 Å². The fraction of sp³-hybridized carbons (Fsp3) is 0.387. The van der Waals surface area contributed by atoms with Gasteiger partial charge >= 0.3 is 0 Å². The Kier molecular flexibility index (Phi) is 11.5. The van der Waals surface area contributed by atoms with Crippen LogP contribution in [0.3, 0.4) is 0 Å². The molecule has 222 valence electrons. The summed E-state index contributed by atoms with van der Waals surface area (Å²) in [5.74, 6) is -2.85. The quantitative estimate of drug-likeness (QED) is 0.282. The van der Waals surface area contributed by atoms with Gasteiger partial charge in [-0.15, -0.1) is 24.8 Å². The first-order valence-electron chi connectivity index (χ1n) is 13.5. The van der Waals surface area contributed by atoms with Gasteiger partial charge in [0, 0.05) is 24.4 Å². The van der Waals surface area contributed by atoms with E-state index in [-0.39, 0.29) is 42.5 Å². The van der Waals surface area contributed by atoms with Gasteiger partial charge in [-0.1, -0.05) is 18.2 Å². The number of benzene rings is 3. The van der Waals surface area contributed by atoms with Crippen LogP contribution in [0.15, 0.2) is 54.6 Å². The maximum Gasteiger partial charge on any atom is 0.241 e. The van der Waals surface area contributed by atoms with E-state index in [9.17, 15) is 18.0 Å². The Morgan fingerprint density at radius 2 is 1.59 bits per heavy atom. The van der Waals surface area contributed by atoms with E-state index in [2.05, 4.69) is 34.2 Å². The third-order valence-corrected chi connectivity index (χ3v) is 7.93. The number of piperidine rings is 1. The zero-order chi connectivity index (χ0) is 27.5. The molecule has 5 rings (SSSR count). The molecular weight excluding hydrogens is 574 g/mol. The number of likely N-dealkylation sites (N-methyl/N-ethyl adjacent to an activating group) is 1. The number of rotatable bonds is 7. The molecule has 3 aromatic rings. The summed E-state index contributed by atoms with van der Waals surface area (Å²) in [6, 6.07) is 14.6. The van der Waals surface area contributed by atoms with E-state index >= 15 is 0 Å². The molecule has 2 fully saturated rings. The van der Waals surface area contributed by atoms with Gasteiger partial charge in [0.15, 0.2) is 23.2 Å². The maximum absolute atomic E-state index is 13.9. The lowest BCUT2D eigenvalue weighted by Crippen LogP contribution is -2.37.